The summed E-state index contributed by atoms with van der Waals surface area (Å²) in [5.41, 5.74) is 3.85. The quantitative estimate of drug-likeness (QED) is 0.753. The number of aryl methyl sites for hydroxylation is 2. The second-order valence-electron chi connectivity index (χ2n) is 5.72. The third kappa shape index (κ3) is 4.52. The molecule has 2 heteroatoms. The molecule has 114 valence electrons. The lowest BCUT2D eigenvalue weighted by Gasteiger charge is -2.28. The lowest BCUT2D eigenvalue weighted by Crippen LogP contribution is -2.42. The van der Waals surface area contributed by atoms with Gasteiger partial charge in [-0.05, 0) is 62.9 Å². The molecule has 2 nitrogen and oxygen atoms in total. The van der Waals surface area contributed by atoms with Crippen LogP contribution >= 0.6 is 0 Å². The van der Waals surface area contributed by atoms with E-state index in [1.807, 2.05) is 0 Å². The monoisotopic (exact) mass is 277 g/mol. The van der Waals surface area contributed by atoms with E-state index in [4.69, 9.17) is 4.74 Å². The first kappa shape index (κ1) is 17.0. The Labute approximate surface area is 124 Å². The molecule has 2 unspecified atom stereocenters. The van der Waals surface area contributed by atoms with Crippen molar-refractivity contribution in [2.24, 2.45) is 0 Å². The Hall–Kier alpha value is -1.02. The molecule has 0 bridgehead atoms. The normalized spacial score (nSPS) is 14.1. The topological polar surface area (TPSA) is 21.3 Å². The average Bonchev–Trinajstić information content (AvgIpc) is 2.41. The Morgan fingerprint density at radius 1 is 1.10 bits per heavy atom. The van der Waals surface area contributed by atoms with Crippen molar-refractivity contribution in [3.63, 3.8) is 0 Å². The van der Waals surface area contributed by atoms with Gasteiger partial charge < -0.3 is 10.1 Å². The van der Waals surface area contributed by atoms with Crippen LogP contribution in [0.1, 0.15) is 56.7 Å². The van der Waals surface area contributed by atoms with E-state index < -0.39 is 0 Å². The predicted octanol–water partition coefficient (Wildman–Crippen LogP) is 4.55. The molecule has 0 heterocycles. The molecule has 0 aliphatic heterocycles. The van der Waals surface area contributed by atoms with E-state index in [-0.39, 0.29) is 6.10 Å². The second kappa shape index (κ2) is 8.31. The summed E-state index contributed by atoms with van der Waals surface area (Å²) >= 11 is 0. The van der Waals surface area contributed by atoms with Crippen LogP contribution in [-0.2, 0) is 0 Å². The van der Waals surface area contributed by atoms with Crippen LogP contribution in [0.15, 0.2) is 12.1 Å². The molecule has 1 rings (SSSR count). The number of rotatable bonds is 8. The van der Waals surface area contributed by atoms with Crippen LogP contribution in [0.25, 0.3) is 0 Å². The van der Waals surface area contributed by atoms with Gasteiger partial charge >= 0.3 is 0 Å². The van der Waals surface area contributed by atoms with Crippen LogP contribution in [0, 0.1) is 20.8 Å². The number of likely N-dealkylation sites (N-methyl/N-ethyl adjacent to an activating group) is 1. The first-order valence-corrected chi connectivity index (χ1v) is 8.01. The molecule has 0 aliphatic carbocycles. The highest BCUT2D eigenvalue weighted by Crippen LogP contribution is 2.26. The minimum Gasteiger partial charge on any atom is -0.489 e. The molecular weight excluding hydrogens is 246 g/mol. The smallest absolute Gasteiger partial charge is 0.123 e. The summed E-state index contributed by atoms with van der Waals surface area (Å²) in [6.45, 7) is 14.0. The molecule has 0 spiro atoms. The fraction of sp³-hybridized carbons (Fsp3) is 0.667. The van der Waals surface area contributed by atoms with Gasteiger partial charge in [-0.2, -0.15) is 0 Å². The van der Waals surface area contributed by atoms with Crippen LogP contribution in [0.5, 0.6) is 5.75 Å². The summed E-state index contributed by atoms with van der Waals surface area (Å²) < 4.78 is 6.36. The van der Waals surface area contributed by atoms with E-state index in [0.29, 0.717) is 6.04 Å². The maximum atomic E-state index is 6.36. The van der Waals surface area contributed by atoms with Crippen molar-refractivity contribution in [1.82, 2.24) is 5.32 Å². The van der Waals surface area contributed by atoms with E-state index in [2.05, 4.69) is 59.0 Å². The van der Waals surface area contributed by atoms with Crippen molar-refractivity contribution >= 4 is 0 Å². The zero-order valence-electron chi connectivity index (χ0n) is 14.0. The SMILES string of the molecule is CCCC(NCC)C(CC)Oc1cc(C)cc(C)c1C. The highest BCUT2D eigenvalue weighted by atomic mass is 16.5. The lowest BCUT2D eigenvalue weighted by molar-refractivity contribution is 0.142. The summed E-state index contributed by atoms with van der Waals surface area (Å²) in [4.78, 5) is 0. The zero-order valence-corrected chi connectivity index (χ0v) is 14.0. The van der Waals surface area contributed by atoms with Crippen molar-refractivity contribution in [2.45, 2.75) is 73.0 Å². The summed E-state index contributed by atoms with van der Waals surface area (Å²) in [5.74, 6) is 1.05. The van der Waals surface area contributed by atoms with Gasteiger partial charge in [0.25, 0.3) is 0 Å². The Morgan fingerprint density at radius 2 is 1.80 bits per heavy atom. The molecule has 0 saturated heterocycles. The van der Waals surface area contributed by atoms with Crippen molar-refractivity contribution in [2.75, 3.05) is 6.54 Å². The largest absolute Gasteiger partial charge is 0.489 e. The Kier molecular flexibility index (Phi) is 7.08. The van der Waals surface area contributed by atoms with Crippen LogP contribution in [0.3, 0.4) is 0 Å². The van der Waals surface area contributed by atoms with E-state index >= 15 is 0 Å². The molecule has 1 aromatic carbocycles. The van der Waals surface area contributed by atoms with E-state index in [9.17, 15) is 0 Å². The molecular formula is C18H31NO. The molecule has 0 saturated carbocycles. The van der Waals surface area contributed by atoms with Gasteiger partial charge in [-0.1, -0.05) is 33.3 Å². The zero-order chi connectivity index (χ0) is 15.1. The van der Waals surface area contributed by atoms with Crippen molar-refractivity contribution in [3.8, 4) is 5.75 Å². The molecule has 1 aromatic rings. The first-order valence-electron chi connectivity index (χ1n) is 8.01. The van der Waals surface area contributed by atoms with Gasteiger partial charge in [0, 0.05) is 6.04 Å². The fourth-order valence-electron chi connectivity index (χ4n) is 2.73. The molecule has 0 radical (unpaired) electrons. The van der Waals surface area contributed by atoms with Crippen LogP contribution < -0.4 is 10.1 Å². The minimum absolute atomic E-state index is 0.245. The number of hydrogen-bond acceptors (Lipinski definition) is 2. The average molecular weight is 277 g/mol. The highest BCUT2D eigenvalue weighted by molar-refractivity contribution is 5.42. The maximum absolute atomic E-state index is 6.36. The summed E-state index contributed by atoms with van der Waals surface area (Å²) in [6.07, 6.45) is 3.62. The van der Waals surface area contributed by atoms with E-state index in [1.165, 1.54) is 23.1 Å². The van der Waals surface area contributed by atoms with Crippen LogP contribution in [0.4, 0.5) is 0 Å². The first-order chi connectivity index (χ1) is 9.53. The Morgan fingerprint density at radius 3 is 2.35 bits per heavy atom. The summed E-state index contributed by atoms with van der Waals surface area (Å²) in [6, 6.07) is 4.83. The Balaban J connectivity index is 2.91. The standard InChI is InChI=1S/C18H31NO/c1-7-10-16(19-9-3)17(8-2)20-18-12-13(4)11-14(5)15(18)6/h11-12,16-17,19H,7-10H2,1-6H3. The number of benzene rings is 1. The third-order valence-corrected chi connectivity index (χ3v) is 3.96. The maximum Gasteiger partial charge on any atom is 0.123 e. The molecule has 0 aromatic heterocycles. The molecule has 20 heavy (non-hydrogen) atoms. The Bertz CT molecular complexity index is 408. The number of hydrogen-bond donors (Lipinski definition) is 1. The second-order valence-corrected chi connectivity index (χ2v) is 5.72. The molecule has 1 N–H and O–H groups in total. The molecule has 2 atom stereocenters. The van der Waals surface area contributed by atoms with Gasteiger partial charge in [-0.3, -0.25) is 0 Å². The van der Waals surface area contributed by atoms with Gasteiger partial charge in [-0.25, -0.2) is 0 Å². The number of nitrogens with one attached hydrogen (secondary N) is 1. The van der Waals surface area contributed by atoms with Crippen molar-refractivity contribution in [1.29, 1.82) is 0 Å². The van der Waals surface area contributed by atoms with Gasteiger partial charge in [0.2, 0.25) is 0 Å². The summed E-state index contributed by atoms with van der Waals surface area (Å²) in [5, 5.41) is 3.58. The minimum atomic E-state index is 0.245. The van der Waals surface area contributed by atoms with Crippen LogP contribution in [0.2, 0.25) is 0 Å². The fourth-order valence-corrected chi connectivity index (χ4v) is 2.73. The van der Waals surface area contributed by atoms with Crippen molar-refractivity contribution < 1.29 is 4.74 Å². The third-order valence-electron chi connectivity index (χ3n) is 3.96. The lowest BCUT2D eigenvalue weighted by atomic mass is 10.0. The van der Waals surface area contributed by atoms with E-state index in [0.717, 1.165) is 25.1 Å². The number of ether oxygens (including phenoxy) is 1. The van der Waals surface area contributed by atoms with Gasteiger partial charge in [-0.15, -0.1) is 0 Å². The van der Waals surface area contributed by atoms with E-state index in [1.54, 1.807) is 0 Å². The highest BCUT2D eigenvalue weighted by Gasteiger charge is 2.21. The molecule has 0 amide bonds. The van der Waals surface area contributed by atoms with Gasteiger partial charge in [0.05, 0.1) is 0 Å². The summed E-state index contributed by atoms with van der Waals surface area (Å²) in [7, 11) is 0. The molecule has 0 aliphatic rings. The van der Waals surface area contributed by atoms with Crippen molar-refractivity contribution in [3.05, 3.63) is 28.8 Å². The van der Waals surface area contributed by atoms with Crippen LogP contribution in [-0.4, -0.2) is 18.7 Å². The van der Waals surface area contributed by atoms with Gasteiger partial charge in [0.1, 0.15) is 11.9 Å². The molecule has 0 fully saturated rings. The van der Waals surface area contributed by atoms with Gasteiger partial charge in [0.15, 0.2) is 0 Å². The predicted molar refractivity (Wildman–Crippen MR) is 87.7 cm³/mol.